The second-order valence-corrected chi connectivity index (χ2v) is 5.70. The summed E-state index contributed by atoms with van der Waals surface area (Å²) in [7, 11) is 0. The lowest BCUT2D eigenvalue weighted by molar-refractivity contribution is -0.132. The second-order valence-electron chi connectivity index (χ2n) is 5.70. The minimum atomic E-state index is -0.686. The van der Waals surface area contributed by atoms with Gasteiger partial charge in [0.15, 0.2) is 0 Å². The average Bonchev–Trinajstić information content (AvgIpc) is 2.58. The average molecular weight is 318 g/mol. The molecular weight excluding hydrogens is 300 g/mol. The molecule has 3 aromatic rings. The van der Waals surface area contributed by atoms with Gasteiger partial charge in [-0.1, -0.05) is 54.6 Å². The highest BCUT2D eigenvalue weighted by atomic mass is 16.2. The predicted octanol–water partition coefficient (Wildman–Crippen LogP) is 4.03. The number of aryl methyl sites for hydroxylation is 2. The molecule has 0 aliphatic heterocycles. The van der Waals surface area contributed by atoms with Crippen molar-refractivity contribution in [3.63, 3.8) is 0 Å². The number of para-hydroxylation sites is 1. The fourth-order valence-electron chi connectivity index (χ4n) is 2.70. The standard InChI is InChI=1S/C20H18N2O2/c1-13-7-5-8-14(2)18(13)22-20(24)19(23)21-17-12-6-10-15-9-3-4-11-16(15)17/h3-12H,1-2H3,(H,21,23)(H,22,24). The van der Waals surface area contributed by atoms with Crippen molar-refractivity contribution < 1.29 is 9.59 Å². The van der Waals surface area contributed by atoms with Gasteiger partial charge in [0.2, 0.25) is 0 Å². The Morgan fingerprint density at radius 1 is 0.708 bits per heavy atom. The monoisotopic (exact) mass is 318 g/mol. The zero-order valence-electron chi connectivity index (χ0n) is 13.6. The fourth-order valence-corrected chi connectivity index (χ4v) is 2.70. The Morgan fingerprint density at radius 2 is 1.29 bits per heavy atom. The van der Waals surface area contributed by atoms with Gasteiger partial charge >= 0.3 is 11.8 Å². The van der Waals surface area contributed by atoms with Crippen molar-refractivity contribution in [1.82, 2.24) is 0 Å². The van der Waals surface area contributed by atoms with E-state index < -0.39 is 11.8 Å². The summed E-state index contributed by atoms with van der Waals surface area (Å²) in [5, 5.41) is 7.29. The van der Waals surface area contributed by atoms with Crippen LogP contribution in [0.25, 0.3) is 10.8 Å². The Balaban J connectivity index is 1.80. The predicted molar refractivity (Wildman–Crippen MR) is 97.1 cm³/mol. The second kappa shape index (κ2) is 6.54. The van der Waals surface area contributed by atoms with Crippen LogP contribution in [0, 0.1) is 13.8 Å². The van der Waals surface area contributed by atoms with Crippen molar-refractivity contribution in [2.75, 3.05) is 10.6 Å². The molecule has 0 heterocycles. The summed E-state index contributed by atoms with van der Waals surface area (Å²) >= 11 is 0. The number of amides is 2. The summed E-state index contributed by atoms with van der Waals surface area (Å²) < 4.78 is 0. The molecule has 0 fully saturated rings. The lowest BCUT2D eigenvalue weighted by atomic mass is 10.1. The number of anilines is 2. The van der Waals surface area contributed by atoms with E-state index in [2.05, 4.69) is 10.6 Å². The fraction of sp³-hybridized carbons (Fsp3) is 0.100. The van der Waals surface area contributed by atoms with E-state index in [1.807, 2.05) is 68.4 Å². The highest BCUT2D eigenvalue weighted by molar-refractivity contribution is 6.44. The smallest absolute Gasteiger partial charge is 0.314 e. The van der Waals surface area contributed by atoms with Crippen LogP contribution < -0.4 is 10.6 Å². The molecule has 0 aromatic heterocycles. The maximum Gasteiger partial charge on any atom is 0.314 e. The number of hydrogen-bond donors (Lipinski definition) is 2. The molecule has 24 heavy (non-hydrogen) atoms. The third-order valence-electron chi connectivity index (χ3n) is 3.96. The summed E-state index contributed by atoms with van der Waals surface area (Å²) in [6, 6.07) is 19.0. The molecule has 0 unspecified atom stereocenters. The number of carbonyl (C=O) groups is 2. The number of carbonyl (C=O) groups excluding carboxylic acids is 2. The van der Waals surface area contributed by atoms with Crippen LogP contribution >= 0.6 is 0 Å². The third-order valence-corrected chi connectivity index (χ3v) is 3.96. The number of benzene rings is 3. The number of hydrogen-bond acceptors (Lipinski definition) is 2. The van der Waals surface area contributed by atoms with Crippen LogP contribution in [0.2, 0.25) is 0 Å². The van der Waals surface area contributed by atoms with Gasteiger partial charge in [-0.15, -0.1) is 0 Å². The largest absolute Gasteiger partial charge is 0.317 e. The van der Waals surface area contributed by atoms with E-state index in [0.29, 0.717) is 11.4 Å². The Hall–Kier alpha value is -3.14. The molecule has 0 aliphatic rings. The van der Waals surface area contributed by atoms with E-state index in [1.165, 1.54) is 0 Å². The quantitative estimate of drug-likeness (QED) is 0.701. The zero-order chi connectivity index (χ0) is 17.1. The molecule has 0 bridgehead atoms. The minimum Gasteiger partial charge on any atom is -0.317 e. The highest BCUT2D eigenvalue weighted by Gasteiger charge is 2.16. The third kappa shape index (κ3) is 3.13. The first-order valence-electron chi connectivity index (χ1n) is 7.72. The van der Waals surface area contributed by atoms with Gasteiger partial charge in [-0.05, 0) is 36.4 Å². The molecule has 4 nitrogen and oxygen atoms in total. The van der Waals surface area contributed by atoms with Gasteiger partial charge in [0, 0.05) is 16.8 Å². The van der Waals surface area contributed by atoms with Crippen LogP contribution in [-0.4, -0.2) is 11.8 Å². The molecule has 0 radical (unpaired) electrons. The maximum absolute atomic E-state index is 12.3. The number of rotatable bonds is 2. The van der Waals surface area contributed by atoms with Gasteiger partial charge in [-0.25, -0.2) is 0 Å². The number of fused-ring (bicyclic) bond motifs is 1. The summed E-state index contributed by atoms with van der Waals surface area (Å²) in [6.45, 7) is 3.79. The van der Waals surface area contributed by atoms with Crippen molar-refractivity contribution >= 4 is 34.0 Å². The van der Waals surface area contributed by atoms with Gasteiger partial charge in [0.05, 0.1) is 0 Å². The molecule has 2 N–H and O–H groups in total. The van der Waals surface area contributed by atoms with Gasteiger partial charge in [0.1, 0.15) is 0 Å². The summed E-state index contributed by atoms with van der Waals surface area (Å²) in [5.74, 6) is -1.37. The highest BCUT2D eigenvalue weighted by Crippen LogP contribution is 2.23. The van der Waals surface area contributed by atoms with Crippen LogP contribution in [0.3, 0.4) is 0 Å². The molecule has 0 spiro atoms. The first-order valence-corrected chi connectivity index (χ1v) is 7.72. The summed E-state index contributed by atoms with van der Waals surface area (Å²) in [5.41, 5.74) is 3.13. The van der Waals surface area contributed by atoms with E-state index in [-0.39, 0.29) is 0 Å². The lowest BCUT2D eigenvalue weighted by Crippen LogP contribution is -2.29. The number of nitrogens with one attached hydrogen (secondary N) is 2. The first kappa shape index (κ1) is 15.7. The molecule has 3 rings (SSSR count). The topological polar surface area (TPSA) is 58.2 Å². The lowest BCUT2D eigenvalue weighted by Gasteiger charge is -2.12. The van der Waals surface area contributed by atoms with E-state index in [4.69, 9.17) is 0 Å². The Labute approximate surface area is 140 Å². The maximum atomic E-state index is 12.3. The molecular formula is C20H18N2O2. The van der Waals surface area contributed by atoms with Crippen LogP contribution in [-0.2, 0) is 9.59 Å². The van der Waals surface area contributed by atoms with Crippen LogP contribution in [0.15, 0.2) is 60.7 Å². The van der Waals surface area contributed by atoms with Gasteiger partial charge in [0.25, 0.3) is 0 Å². The van der Waals surface area contributed by atoms with Crippen molar-refractivity contribution in [1.29, 1.82) is 0 Å². The van der Waals surface area contributed by atoms with Crippen molar-refractivity contribution in [3.8, 4) is 0 Å². The molecule has 120 valence electrons. The van der Waals surface area contributed by atoms with E-state index in [0.717, 1.165) is 21.9 Å². The van der Waals surface area contributed by atoms with Crippen LogP contribution in [0.4, 0.5) is 11.4 Å². The normalized spacial score (nSPS) is 10.4. The van der Waals surface area contributed by atoms with Crippen molar-refractivity contribution in [2.24, 2.45) is 0 Å². The van der Waals surface area contributed by atoms with E-state index in [9.17, 15) is 9.59 Å². The molecule has 4 heteroatoms. The molecule has 2 amide bonds. The van der Waals surface area contributed by atoms with Crippen molar-refractivity contribution in [2.45, 2.75) is 13.8 Å². The molecule has 3 aromatic carbocycles. The summed E-state index contributed by atoms with van der Waals surface area (Å²) in [4.78, 5) is 24.5. The van der Waals surface area contributed by atoms with Crippen LogP contribution in [0.1, 0.15) is 11.1 Å². The Bertz CT molecular complexity index is 906. The van der Waals surface area contributed by atoms with Gasteiger partial charge in [-0.2, -0.15) is 0 Å². The van der Waals surface area contributed by atoms with E-state index in [1.54, 1.807) is 6.07 Å². The molecule has 0 saturated heterocycles. The molecule has 0 saturated carbocycles. The first-order chi connectivity index (χ1) is 11.6. The Morgan fingerprint density at radius 3 is 2.04 bits per heavy atom. The van der Waals surface area contributed by atoms with E-state index >= 15 is 0 Å². The molecule has 0 atom stereocenters. The summed E-state index contributed by atoms with van der Waals surface area (Å²) in [6.07, 6.45) is 0. The van der Waals surface area contributed by atoms with Crippen molar-refractivity contribution in [3.05, 3.63) is 71.8 Å². The minimum absolute atomic E-state index is 0.620. The molecule has 0 aliphatic carbocycles. The Kier molecular flexibility index (Phi) is 4.29. The SMILES string of the molecule is Cc1cccc(C)c1NC(=O)C(=O)Nc1cccc2ccccc12. The van der Waals surface area contributed by atoms with Gasteiger partial charge in [-0.3, -0.25) is 9.59 Å². The zero-order valence-corrected chi connectivity index (χ0v) is 13.6. The van der Waals surface area contributed by atoms with Crippen LogP contribution in [0.5, 0.6) is 0 Å². The van der Waals surface area contributed by atoms with Gasteiger partial charge < -0.3 is 10.6 Å².